The fourth-order valence-electron chi connectivity index (χ4n) is 1.81. The molecule has 2 rings (SSSR count). The van der Waals surface area contributed by atoms with Crippen LogP contribution in [0.15, 0.2) is 6.07 Å². The summed E-state index contributed by atoms with van der Waals surface area (Å²) in [4.78, 5) is 14.2. The van der Waals surface area contributed by atoms with Gasteiger partial charge in [0.1, 0.15) is 5.00 Å². The van der Waals surface area contributed by atoms with Gasteiger partial charge in [0.25, 0.3) is 0 Å². The van der Waals surface area contributed by atoms with Crippen molar-refractivity contribution in [1.29, 1.82) is 0 Å². The van der Waals surface area contributed by atoms with Gasteiger partial charge in [-0.2, -0.15) is 0 Å². The van der Waals surface area contributed by atoms with Crippen molar-refractivity contribution in [3.05, 3.63) is 16.5 Å². The Kier molecular flexibility index (Phi) is 2.46. The molecule has 1 aliphatic heterocycles. The number of anilines is 1. The summed E-state index contributed by atoms with van der Waals surface area (Å²) >= 11 is 1.59. The molecule has 0 unspecified atom stereocenters. The standard InChI is InChI=1S/C10H13NO2S/c1-7-6-8(10(12)13)9(14-7)11-4-2-3-5-11/h6H,2-5H2,1H3,(H,12,13). The SMILES string of the molecule is Cc1cc(C(=O)O)c(N2CCCC2)s1. The van der Waals surface area contributed by atoms with Gasteiger partial charge in [-0.3, -0.25) is 0 Å². The second kappa shape index (κ2) is 3.61. The van der Waals surface area contributed by atoms with Crippen LogP contribution in [0.3, 0.4) is 0 Å². The molecule has 1 aliphatic rings. The Hall–Kier alpha value is -1.03. The van der Waals surface area contributed by atoms with E-state index < -0.39 is 5.97 Å². The summed E-state index contributed by atoms with van der Waals surface area (Å²) in [5.74, 6) is -0.809. The van der Waals surface area contributed by atoms with Crippen molar-refractivity contribution in [2.24, 2.45) is 0 Å². The summed E-state index contributed by atoms with van der Waals surface area (Å²) in [6.45, 7) is 3.96. The number of aromatic carboxylic acids is 1. The van der Waals surface area contributed by atoms with Crippen LogP contribution in [0.25, 0.3) is 0 Å². The smallest absolute Gasteiger partial charge is 0.338 e. The zero-order valence-electron chi connectivity index (χ0n) is 8.12. The molecule has 1 N–H and O–H groups in total. The molecule has 0 bridgehead atoms. The van der Waals surface area contributed by atoms with E-state index in [1.165, 1.54) is 12.8 Å². The third-order valence-electron chi connectivity index (χ3n) is 2.46. The number of rotatable bonds is 2. The van der Waals surface area contributed by atoms with E-state index in [1.807, 2.05) is 6.92 Å². The van der Waals surface area contributed by atoms with Crippen molar-refractivity contribution in [2.45, 2.75) is 19.8 Å². The van der Waals surface area contributed by atoms with E-state index in [1.54, 1.807) is 17.4 Å². The van der Waals surface area contributed by atoms with Crippen molar-refractivity contribution in [2.75, 3.05) is 18.0 Å². The molecule has 0 amide bonds. The predicted molar refractivity (Wildman–Crippen MR) is 57.5 cm³/mol. The van der Waals surface area contributed by atoms with Crippen LogP contribution in [0.2, 0.25) is 0 Å². The zero-order chi connectivity index (χ0) is 10.1. The molecule has 0 radical (unpaired) electrons. The third-order valence-corrected chi connectivity index (χ3v) is 3.57. The molecular formula is C10H13NO2S. The highest BCUT2D eigenvalue weighted by Gasteiger charge is 2.21. The van der Waals surface area contributed by atoms with Gasteiger partial charge in [0.05, 0.1) is 5.56 Å². The molecule has 0 spiro atoms. The lowest BCUT2D eigenvalue weighted by Crippen LogP contribution is -2.18. The first-order chi connectivity index (χ1) is 6.68. The Labute approximate surface area is 87.0 Å². The van der Waals surface area contributed by atoms with Crippen molar-refractivity contribution >= 4 is 22.3 Å². The number of aryl methyl sites for hydroxylation is 1. The summed E-state index contributed by atoms with van der Waals surface area (Å²) < 4.78 is 0. The molecule has 76 valence electrons. The number of carboxylic acids is 1. The van der Waals surface area contributed by atoms with Gasteiger partial charge < -0.3 is 10.0 Å². The van der Waals surface area contributed by atoms with Crippen molar-refractivity contribution in [3.8, 4) is 0 Å². The van der Waals surface area contributed by atoms with Crippen LogP contribution >= 0.6 is 11.3 Å². The first-order valence-electron chi connectivity index (χ1n) is 4.77. The summed E-state index contributed by atoms with van der Waals surface area (Å²) in [5.41, 5.74) is 0.467. The number of hydrogen-bond donors (Lipinski definition) is 1. The molecule has 1 aromatic rings. The second-order valence-electron chi connectivity index (χ2n) is 3.58. The summed E-state index contributed by atoms with van der Waals surface area (Å²) in [6, 6.07) is 1.76. The monoisotopic (exact) mass is 211 g/mol. The Morgan fingerprint density at radius 1 is 1.50 bits per heavy atom. The Morgan fingerprint density at radius 2 is 2.14 bits per heavy atom. The highest BCUT2D eigenvalue weighted by atomic mass is 32.1. The minimum absolute atomic E-state index is 0.467. The first-order valence-corrected chi connectivity index (χ1v) is 5.59. The van der Waals surface area contributed by atoms with E-state index in [4.69, 9.17) is 5.11 Å². The van der Waals surface area contributed by atoms with Gasteiger partial charge in [-0.05, 0) is 25.8 Å². The molecule has 1 saturated heterocycles. The summed E-state index contributed by atoms with van der Waals surface area (Å²) in [6.07, 6.45) is 2.35. The molecule has 2 heterocycles. The maximum atomic E-state index is 11.0. The minimum atomic E-state index is -0.809. The largest absolute Gasteiger partial charge is 0.478 e. The number of hydrogen-bond acceptors (Lipinski definition) is 3. The summed E-state index contributed by atoms with van der Waals surface area (Å²) in [7, 11) is 0. The van der Waals surface area contributed by atoms with Crippen LogP contribution in [0, 0.1) is 6.92 Å². The lowest BCUT2D eigenvalue weighted by atomic mass is 10.3. The predicted octanol–water partition coefficient (Wildman–Crippen LogP) is 2.35. The Bertz CT molecular complexity index is 353. The fraction of sp³-hybridized carbons (Fsp3) is 0.500. The van der Waals surface area contributed by atoms with E-state index in [-0.39, 0.29) is 0 Å². The number of carbonyl (C=O) groups is 1. The van der Waals surface area contributed by atoms with Gasteiger partial charge in [-0.15, -0.1) is 11.3 Å². The van der Waals surface area contributed by atoms with Crippen molar-refractivity contribution in [3.63, 3.8) is 0 Å². The minimum Gasteiger partial charge on any atom is -0.478 e. The van der Waals surface area contributed by atoms with Gasteiger partial charge in [-0.25, -0.2) is 4.79 Å². The van der Waals surface area contributed by atoms with Gasteiger partial charge in [0.15, 0.2) is 0 Å². The molecule has 0 aromatic carbocycles. The van der Waals surface area contributed by atoms with Gasteiger partial charge in [-0.1, -0.05) is 0 Å². The van der Waals surface area contributed by atoms with Crippen LogP contribution in [0.5, 0.6) is 0 Å². The Balaban J connectivity index is 2.35. The average Bonchev–Trinajstić information content (AvgIpc) is 2.70. The van der Waals surface area contributed by atoms with Crippen LogP contribution < -0.4 is 4.90 Å². The van der Waals surface area contributed by atoms with E-state index in [0.717, 1.165) is 23.0 Å². The molecule has 0 saturated carbocycles. The fourth-order valence-corrected chi connectivity index (χ4v) is 2.86. The van der Waals surface area contributed by atoms with Crippen LogP contribution in [-0.4, -0.2) is 24.2 Å². The highest BCUT2D eigenvalue weighted by molar-refractivity contribution is 7.16. The molecule has 1 aromatic heterocycles. The molecule has 0 atom stereocenters. The normalized spacial score (nSPS) is 16.2. The maximum absolute atomic E-state index is 11.0. The molecule has 14 heavy (non-hydrogen) atoms. The highest BCUT2D eigenvalue weighted by Crippen LogP contribution is 2.33. The summed E-state index contributed by atoms with van der Waals surface area (Å²) in [5, 5.41) is 9.96. The van der Waals surface area contributed by atoms with Gasteiger partial charge in [0.2, 0.25) is 0 Å². The topological polar surface area (TPSA) is 40.5 Å². The lowest BCUT2D eigenvalue weighted by Gasteiger charge is -2.15. The molecule has 1 fully saturated rings. The Morgan fingerprint density at radius 3 is 2.71 bits per heavy atom. The van der Waals surface area contributed by atoms with Crippen LogP contribution in [0.1, 0.15) is 28.1 Å². The van der Waals surface area contributed by atoms with Gasteiger partial charge >= 0.3 is 5.97 Å². The number of nitrogens with zero attached hydrogens (tertiary/aromatic N) is 1. The van der Waals surface area contributed by atoms with Crippen molar-refractivity contribution < 1.29 is 9.90 Å². The first kappa shape index (κ1) is 9.52. The van der Waals surface area contributed by atoms with Crippen molar-refractivity contribution in [1.82, 2.24) is 0 Å². The molecule has 3 nitrogen and oxygen atoms in total. The lowest BCUT2D eigenvalue weighted by molar-refractivity contribution is 0.0698. The quantitative estimate of drug-likeness (QED) is 0.816. The van der Waals surface area contributed by atoms with Crippen LogP contribution in [-0.2, 0) is 0 Å². The van der Waals surface area contributed by atoms with E-state index in [9.17, 15) is 4.79 Å². The van der Waals surface area contributed by atoms with E-state index in [0.29, 0.717) is 5.56 Å². The molecule has 0 aliphatic carbocycles. The third kappa shape index (κ3) is 1.62. The number of thiophene rings is 1. The zero-order valence-corrected chi connectivity index (χ0v) is 8.93. The van der Waals surface area contributed by atoms with E-state index in [2.05, 4.69) is 4.90 Å². The van der Waals surface area contributed by atoms with Crippen LogP contribution in [0.4, 0.5) is 5.00 Å². The maximum Gasteiger partial charge on any atom is 0.338 e. The average molecular weight is 211 g/mol. The molecular weight excluding hydrogens is 198 g/mol. The van der Waals surface area contributed by atoms with Gasteiger partial charge in [0, 0.05) is 18.0 Å². The second-order valence-corrected chi connectivity index (χ2v) is 4.81. The molecule has 4 heteroatoms. The number of carboxylic acid groups (broad SMARTS) is 1. The van der Waals surface area contributed by atoms with E-state index >= 15 is 0 Å².